The van der Waals surface area contributed by atoms with Crippen LogP contribution in [-0.4, -0.2) is 28.6 Å². The van der Waals surface area contributed by atoms with Gasteiger partial charge in [-0.2, -0.15) is 0 Å². The third kappa shape index (κ3) is 7.44. The van der Waals surface area contributed by atoms with Crippen molar-refractivity contribution in [3.05, 3.63) is 12.7 Å². The summed E-state index contributed by atoms with van der Waals surface area (Å²) in [5, 5.41) is 0. The van der Waals surface area contributed by atoms with Crippen LogP contribution in [0, 0.1) is 5.92 Å². The molecule has 0 bridgehead atoms. The number of rotatable bonds is 6. The molecular weight excluding hydrogens is 264 g/mol. The highest BCUT2D eigenvalue weighted by atomic mass is 28.4. The lowest BCUT2D eigenvalue weighted by Crippen LogP contribution is -2.39. The van der Waals surface area contributed by atoms with Gasteiger partial charge in [0.1, 0.15) is 0 Å². The average molecular weight is 288 g/mol. The van der Waals surface area contributed by atoms with Crippen molar-refractivity contribution >= 4 is 28.6 Å². The zero-order valence-electron chi connectivity index (χ0n) is 12.2. The Kier molecular flexibility index (Phi) is 6.02. The van der Waals surface area contributed by atoms with Gasteiger partial charge in [-0.1, -0.05) is 6.08 Å². The Morgan fingerprint density at radius 3 is 1.56 bits per heavy atom. The number of allylic oxidation sites excluding steroid dienone is 1. The summed E-state index contributed by atoms with van der Waals surface area (Å²) in [6.07, 6.45) is 1.80. The second kappa shape index (κ2) is 6.33. The highest BCUT2D eigenvalue weighted by Crippen LogP contribution is 2.16. The van der Waals surface area contributed by atoms with Crippen LogP contribution >= 0.6 is 0 Å². The standard InChI is InChI=1S/C12H24O4Si2/c1-8-9-10(11(13)15-17(2,3)4)12(14)16-18(5,6)7/h8,10H,1,9H2,2-7H3. The smallest absolute Gasteiger partial charge is 0.307 e. The second-order valence-electron chi connectivity index (χ2n) is 6.14. The van der Waals surface area contributed by atoms with Crippen molar-refractivity contribution in [1.82, 2.24) is 0 Å². The van der Waals surface area contributed by atoms with E-state index in [0.717, 1.165) is 0 Å². The minimum Gasteiger partial charge on any atom is -0.519 e. The largest absolute Gasteiger partial charge is 0.519 e. The molecule has 0 rings (SSSR count). The fraction of sp³-hybridized carbons (Fsp3) is 0.667. The van der Waals surface area contributed by atoms with E-state index in [1.54, 1.807) is 6.08 Å². The van der Waals surface area contributed by atoms with Crippen molar-refractivity contribution in [3.8, 4) is 0 Å². The Labute approximate surface area is 112 Å². The van der Waals surface area contributed by atoms with Gasteiger partial charge in [0.15, 0.2) is 5.92 Å². The van der Waals surface area contributed by atoms with Crippen molar-refractivity contribution in [3.63, 3.8) is 0 Å². The lowest BCUT2D eigenvalue weighted by Gasteiger charge is -2.24. The molecule has 0 aromatic carbocycles. The van der Waals surface area contributed by atoms with Crippen LogP contribution in [0.15, 0.2) is 12.7 Å². The van der Waals surface area contributed by atoms with Crippen LogP contribution in [0.25, 0.3) is 0 Å². The molecule has 4 nitrogen and oxygen atoms in total. The highest BCUT2D eigenvalue weighted by Gasteiger charge is 2.34. The number of hydrogen-bond donors (Lipinski definition) is 0. The van der Waals surface area contributed by atoms with E-state index in [4.69, 9.17) is 8.85 Å². The molecule has 0 saturated heterocycles. The maximum Gasteiger partial charge on any atom is 0.307 e. The van der Waals surface area contributed by atoms with Crippen LogP contribution in [0.2, 0.25) is 39.3 Å². The molecule has 104 valence electrons. The third-order valence-electron chi connectivity index (χ3n) is 1.78. The van der Waals surface area contributed by atoms with E-state index in [-0.39, 0.29) is 6.42 Å². The zero-order valence-corrected chi connectivity index (χ0v) is 14.2. The molecule has 6 heteroatoms. The van der Waals surface area contributed by atoms with E-state index in [1.165, 1.54) is 0 Å². The molecule has 0 radical (unpaired) electrons. The predicted molar refractivity (Wildman–Crippen MR) is 77.2 cm³/mol. The first-order chi connectivity index (χ1) is 7.96. The first-order valence-corrected chi connectivity index (χ1v) is 12.8. The van der Waals surface area contributed by atoms with Crippen LogP contribution in [-0.2, 0) is 18.4 Å². The average Bonchev–Trinajstić information content (AvgIpc) is 2.07. The first kappa shape index (κ1) is 17.1. The van der Waals surface area contributed by atoms with E-state index in [0.29, 0.717) is 0 Å². The van der Waals surface area contributed by atoms with Gasteiger partial charge in [0.2, 0.25) is 16.6 Å². The Bertz CT molecular complexity index is 298. The highest BCUT2D eigenvalue weighted by molar-refractivity contribution is 6.72. The van der Waals surface area contributed by atoms with Crippen molar-refractivity contribution in [2.24, 2.45) is 5.92 Å². The Morgan fingerprint density at radius 2 is 1.33 bits per heavy atom. The van der Waals surface area contributed by atoms with E-state index < -0.39 is 34.5 Å². The maximum absolute atomic E-state index is 12.0. The quantitative estimate of drug-likeness (QED) is 0.428. The van der Waals surface area contributed by atoms with Gasteiger partial charge in [-0.25, -0.2) is 0 Å². The van der Waals surface area contributed by atoms with Crippen LogP contribution in [0.1, 0.15) is 6.42 Å². The van der Waals surface area contributed by atoms with Crippen molar-refractivity contribution in [2.75, 3.05) is 0 Å². The minimum atomic E-state index is -2.00. The monoisotopic (exact) mass is 288 g/mol. The second-order valence-corrected chi connectivity index (χ2v) is 15.0. The normalized spacial score (nSPS) is 12.2. The summed E-state index contributed by atoms with van der Waals surface area (Å²) in [7, 11) is -3.99. The Morgan fingerprint density at radius 1 is 1.00 bits per heavy atom. The molecule has 0 aliphatic carbocycles. The molecule has 0 aliphatic heterocycles. The molecule has 0 N–H and O–H groups in total. The summed E-state index contributed by atoms with van der Waals surface area (Å²) in [6, 6.07) is 0. The molecule has 0 fully saturated rings. The zero-order chi connectivity index (χ0) is 14.6. The van der Waals surface area contributed by atoms with Crippen LogP contribution in [0.4, 0.5) is 0 Å². The fourth-order valence-electron chi connectivity index (χ4n) is 1.20. The van der Waals surface area contributed by atoms with E-state index >= 15 is 0 Å². The Hall–Kier alpha value is -0.886. The molecule has 0 spiro atoms. The van der Waals surface area contributed by atoms with Crippen LogP contribution < -0.4 is 0 Å². The van der Waals surface area contributed by atoms with Crippen molar-refractivity contribution in [2.45, 2.75) is 45.7 Å². The molecule has 0 unspecified atom stereocenters. The van der Waals surface area contributed by atoms with E-state index in [2.05, 4.69) is 6.58 Å². The maximum atomic E-state index is 12.0. The van der Waals surface area contributed by atoms with Crippen molar-refractivity contribution in [1.29, 1.82) is 0 Å². The molecule has 0 aromatic heterocycles. The van der Waals surface area contributed by atoms with E-state index in [1.807, 2.05) is 39.3 Å². The van der Waals surface area contributed by atoms with Crippen LogP contribution in [0.3, 0.4) is 0 Å². The molecule has 0 aromatic rings. The van der Waals surface area contributed by atoms with Gasteiger partial charge in [-0.05, 0) is 45.7 Å². The lowest BCUT2D eigenvalue weighted by atomic mass is 10.1. The summed E-state index contributed by atoms with van der Waals surface area (Å²) in [5.74, 6) is -1.85. The minimum absolute atomic E-state index is 0.257. The first-order valence-electron chi connectivity index (χ1n) is 6.03. The van der Waals surface area contributed by atoms with E-state index in [9.17, 15) is 9.59 Å². The predicted octanol–water partition coefficient (Wildman–Crippen LogP) is 2.93. The summed E-state index contributed by atoms with van der Waals surface area (Å²) < 4.78 is 10.7. The number of carbonyl (C=O) groups excluding carboxylic acids is 2. The van der Waals surface area contributed by atoms with Gasteiger partial charge in [0.25, 0.3) is 0 Å². The van der Waals surface area contributed by atoms with Crippen LogP contribution in [0.5, 0.6) is 0 Å². The number of carbonyl (C=O) groups is 2. The molecule has 0 atom stereocenters. The Balaban J connectivity index is 4.80. The molecule has 0 saturated carbocycles. The van der Waals surface area contributed by atoms with Gasteiger partial charge in [-0.15, -0.1) is 6.58 Å². The topological polar surface area (TPSA) is 52.6 Å². The fourth-order valence-corrected chi connectivity index (χ4v) is 2.69. The van der Waals surface area contributed by atoms with Gasteiger partial charge >= 0.3 is 11.9 Å². The lowest BCUT2D eigenvalue weighted by molar-refractivity contribution is -0.151. The molecule has 0 amide bonds. The van der Waals surface area contributed by atoms with Crippen molar-refractivity contribution < 1.29 is 18.4 Å². The molecule has 0 heterocycles. The summed E-state index contributed by atoms with van der Waals surface area (Å²) in [4.78, 5) is 23.9. The molecule has 18 heavy (non-hydrogen) atoms. The van der Waals surface area contributed by atoms with Gasteiger partial charge in [-0.3, -0.25) is 9.59 Å². The number of hydrogen-bond acceptors (Lipinski definition) is 4. The summed E-state index contributed by atoms with van der Waals surface area (Å²) >= 11 is 0. The molecule has 0 aliphatic rings. The summed E-state index contributed by atoms with van der Waals surface area (Å²) in [6.45, 7) is 15.0. The van der Waals surface area contributed by atoms with Gasteiger partial charge in [0.05, 0.1) is 0 Å². The van der Waals surface area contributed by atoms with Gasteiger partial charge < -0.3 is 8.85 Å². The SMILES string of the molecule is C=CCC(C(=O)O[Si](C)(C)C)C(=O)O[Si](C)(C)C. The van der Waals surface area contributed by atoms with Gasteiger partial charge in [0, 0.05) is 0 Å². The third-order valence-corrected chi connectivity index (χ3v) is 3.41. The molecular formula is C12H24O4Si2. The summed E-state index contributed by atoms with van der Waals surface area (Å²) in [5.41, 5.74) is 0.